The molecule has 0 bridgehead atoms. The van der Waals surface area contributed by atoms with Gasteiger partial charge in [0.25, 0.3) is 0 Å². The number of nitrogens with zero attached hydrogens (tertiary/aromatic N) is 3. The van der Waals surface area contributed by atoms with E-state index in [1.165, 1.54) is 28.7 Å². The summed E-state index contributed by atoms with van der Waals surface area (Å²) in [6.07, 6.45) is 0. The summed E-state index contributed by atoms with van der Waals surface area (Å²) in [5, 5.41) is 12.2. The molecule has 0 atom stereocenters. The zero-order valence-corrected chi connectivity index (χ0v) is 14.5. The third kappa shape index (κ3) is 4.66. The van der Waals surface area contributed by atoms with Gasteiger partial charge in [0.15, 0.2) is 4.34 Å². The Kier molecular flexibility index (Phi) is 5.47. The molecule has 2 aromatic rings. The maximum atomic E-state index is 12.1. The van der Waals surface area contributed by atoms with Crippen LogP contribution in [0.5, 0.6) is 0 Å². The van der Waals surface area contributed by atoms with Crippen LogP contribution in [0.1, 0.15) is 5.56 Å². The molecule has 1 aromatic carbocycles. The van der Waals surface area contributed by atoms with Crippen molar-refractivity contribution in [3.05, 3.63) is 29.8 Å². The number of carbonyl (C=O) groups is 1. The summed E-state index contributed by atoms with van der Waals surface area (Å²) in [4.78, 5) is 13.9. The van der Waals surface area contributed by atoms with E-state index < -0.39 is 0 Å². The first kappa shape index (κ1) is 16.2. The van der Waals surface area contributed by atoms with Crippen molar-refractivity contribution in [2.75, 3.05) is 37.4 Å². The molecule has 0 unspecified atom stereocenters. The Morgan fingerprint density at radius 1 is 1.30 bits per heavy atom. The van der Waals surface area contributed by atoms with Crippen molar-refractivity contribution in [2.45, 2.75) is 11.3 Å². The first-order chi connectivity index (χ1) is 11.2. The zero-order valence-electron chi connectivity index (χ0n) is 12.8. The Morgan fingerprint density at radius 3 is 2.78 bits per heavy atom. The van der Waals surface area contributed by atoms with Gasteiger partial charge in [0.05, 0.1) is 19.0 Å². The largest absolute Gasteiger partial charge is 0.378 e. The van der Waals surface area contributed by atoms with Crippen LogP contribution >= 0.6 is 23.1 Å². The van der Waals surface area contributed by atoms with E-state index in [2.05, 4.69) is 22.4 Å². The monoisotopic (exact) mass is 350 g/mol. The third-order valence-electron chi connectivity index (χ3n) is 3.39. The summed E-state index contributed by atoms with van der Waals surface area (Å²) in [6.45, 7) is 4.65. The number of hydrogen-bond acceptors (Lipinski definition) is 7. The smallest absolute Gasteiger partial charge is 0.233 e. The van der Waals surface area contributed by atoms with Crippen LogP contribution in [0.2, 0.25) is 0 Å². The number of thioether (sulfide) groups is 1. The number of carbonyl (C=O) groups excluding carboxylic acids is 1. The molecule has 0 radical (unpaired) electrons. The van der Waals surface area contributed by atoms with Gasteiger partial charge < -0.3 is 15.0 Å². The number of aromatic nitrogens is 2. The van der Waals surface area contributed by atoms with Crippen molar-refractivity contribution in [1.29, 1.82) is 0 Å². The van der Waals surface area contributed by atoms with Crippen molar-refractivity contribution in [2.24, 2.45) is 0 Å². The van der Waals surface area contributed by atoms with Crippen molar-refractivity contribution in [1.82, 2.24) is 15.1 Å². The number of anilines is 2. The van der Waals surface area contributed by atoms with Gasteiger partial charge in [-0.15, -0.1) is 10.2 Å². The maximum Gasteiger partial charge on any atom is 0.233 e. The second kappa shape index (κ2) is 7.76. The van der Waals surface area contributed by atoms with Crippen molar-refractivity contribution in [3.63, 3.8) is 0 Å². The van der Waals surface area contributed by atoms with Gasteiger partial charge in [0.2, 0.25) is 11.0 Å². The molecule has 1 fully saturated rings. The third-order valence-corrected chi connectivity index (χ3v) is 5.35. The summed E-state index contributed by atoms with van der Waals surface area (Å²) in [5.74, 6) is 0.514. The topological polar surface area (TPSA) is 67.4 Å². The molecule has 2 heterocycles. The van der Waals surface area contributed by atoms with E-state index in [-0.39, 0.29) is 5.91 Å². The van der Waals surface area contributed by atoms with E-state index in [1.807, 2.05) is 29.2 Å². The Bertz CT molecular complexity index is 654. The standard InChI is InChI=1S/C15H18N4O2S2/c1-11-2-4-12(5-3-11)16-14-17-18-15(23-14)22-10-13(20)19-6-8-21-9-7-19/h2-5H,6-10H2,1H3,(H,16,17). The lowest BCUT2D eigenvalue weighted by atomic mass is 10.2. The van der Waals surface area contributed by atoms with E-state index in [9.17, 15) is 4.79 Å². The van der Waals surface area contributed by atoms with Gasteiger partial charge >= 0.3 is 0 Å². The highest BCUT2D eigenvalue weighted by atomic mass is 32.2. The van der Waals surface area contributed by atoms with Gasteiger partial charge in [-0.3, -0.25) is 4.79 Å². The van der Waals surface area contributed by atoms with Gasteiger partial charge in [-0.1, -0.05) is 40.8 Å². The molecule has 6 nitrogen and oxygen atoms in total. The Balaban J connectivity index is 1.50. The summed E-state index contributed by atoms with van der Waals surface area (Å²) in [6, 6.07) is 8.09. The predicted octanol–water partition coefficient (Wildman–Crippen LogP) is 2.54. The number of amides is 1. The van der Waals surface area contributed by atoms with Gasteiger partial charge in [-0.25, -0.2) is 0 Å². The summed E-state index contributed by atoms with van der Waals surface area (Å²) in [5.41, 5.74) is 2.19. The molecule has 0 saturated carbocycles. The molecule has 1 aromatic heterocycles. The van der Waals surface area contributed by atoms with Crippen LogP contribution in [0.25, 0.3) is 0 Å². The number of rotatable bonds is 5. The molecule has 3 rings (SSSR count). The van der Waals surface area contributed by atoms with E-state index in [4.69, 9.17) is 4.74 Å². The number of ether oxygens (including phenoxy) is 1. The van der Waals surface area contributed by atoms with E-state index in [0.717, 1.165) is 15.2 Å². The molecule has 23 heavy (non-hydrogen) atoms. The van der Waals surface area contributed by atoms with E-state index in [1.54, 1.807) is 0 Å². The number of aryl methyl sites for hydroxylation is 1. The molecule has 1 saturated heterocycles. The summed E-state index contributed by atoms with van der Waals surface area (Å²) < 4.78 is 6.04. The lowest BCUT2D eigenvalue weighted by Gasteiger charge is -2.26. The zero-order chi connectivity index (χ0) is 16.1. The first-order valence-electron chi connectivity index (χ1n) is 7.36. The first-order valence-corrected chi connectivity index (χ1v) is 9.16. The highest BCUT2D eigenvalue weighted by Crippen LogP contribution is 2.27. The van der Waals surface area contributed by atoms with Crippen LogP contribution in [0.3, 0.4) is 0 Å². The minimum Gasteiger partial charge on any atom is -0.378 e. The van der Waals surface area contributed by atoms with E-state index in [0.29, 0.717) is 32.1 Å². The SMILES string of the molecule is Cc1ccc(Nc2nnc(SCC(=O)N3CCOCC3)s2)cc1. The summed E-state index contributed by atoms with van der Waals surface area (Å²) in [7, 11) is 0. The fourth-order valence-corrected chi connectivity index (χ4v) is 3.78. The summed E-state index contributed by atoms with van der Waals surface area (Å²) >= 11 is 2.88. The van der Waals surface area contributed by atoms with Crippen LogP contribution in [0.4, 0.5) is 10.8 Å². The highest BCUT2D eigenvalue weighted by Gasteiger charge is 2.17. The Labute approximate surface area is 143 Å². The van der Waals surface area contributed by atoms with Gasteiger partial charge in [-0.05, 0) is 19.1 Å². The molecule has 1 aliphatic rings. The molecule has 1 amide bonds. The molecular formula is C15H18N4O2S2. The number of nitrogens with one attached hydrogen (secondary N) is 1. The molecular weight excluding hydrogens is 332 g/mol. The van der Waals surface area contributed by atoms with Gasteiger partial charge in [0.1, 0.15) is 0 Å². The average molecular weight is 350 g/mol. The Morgan fingerprint density at radius 2 is 2.04 bits per heavy atom. The van der Waals surface area contributed by atoms with Gasteiger partial charge in [0, 0.05) is 18.8 Å². The molecule has 122 valence electrons. The number of morpholine rings is 1. The Hall–Kier alpha value is -1.64. The van der Waals surface area contributed by atoms with Crippen LogP contribution in [0, 0.1) is 6.92 Å². The van der Waals surface area contributed by atoms with Crippen LogP contribution in [-0.4, -0.2) is 53.1 Å². The maximum absolute atomic E-state index is 12.1. The predicted molar refractivity (Wildman–Crippen MR) is 92.5 cm³/mol. The normalized spacial score (nSPS) is 14.7. The molecule has 0 spiro atoms. The minimum atomic E-state index is 0.126. The molecule has 1 N–H and O–H groups in total. The van der Waals surface area contributed by atoms with Crippen molar-refractivity contribution < 1.29 is 9.53 Å². The number of hydrogen-bond donors (Lipinski definition) is 1. The fourth-order valence-electron chi connectivity index (χ4n) is 2.11. The lowest BCUT2D eigenvalue weighted by Crippen LogP contribution is -2.41. The van der Waals surface area contributed by atoms with Crippen LogP contribution < -0.4 is 5.32 Å². The molecule has 8 heteroatoms. The molecule has 1 aliphatic heterocycles. The highest BCUT2D eigenvalue weighted by molar-refractivity contribution is 8.01. The minimum absolute atomic E-state index is 0.126. The van der Waals surface area contributed by atoms with E-state index >= 15 is 0 Å². The number of benzene rings is 1. The van der Waals surface area contributed by atoms with Gasteiger partial charge in [-0.2, -0.15) is 0 Å². The second-order valence-electron chi connectivity index (χ2n) is 5.15. The van der Waals surface area contributed by atoms with Crippen LogP contribution in [-0.2, 0) is 9.53 Å². The molecule has 0 aliphatic carbocycles. The van der Waals surface area contributed by atoms with Crippen LogP contribution in [0.15, 0.2) is 28.6 Å². The van der Waals surface area contributed by atoms with Crippen molar-refractivity contribution in [3.8, 4) is 0 Å². The lowest BCUT2D eigenvalue weighted by molar-refractivity contribution is -0.132. The average Bonchev–Trinajstić information content (AvgIpc) is 3.03. The second-order valence-corrected chi connectivity index (χ2v) is 7.35. The fraction of sp³-hybridized carbons (Fsp3) is 0.400. The van der Waals surface area contributed by atoms with Crippen molar-refractivity contribution >= 4 is 39.8 Å². The quantitative estimate of drug-likeness (QED) is 0.836.